The van der Waals surface area contributed by atoms with Crippen molar-refractivity contribution in [3.63, 3.8) is 0 Å². The molecule has 2 amide bonds. The summed E-state index contributed by atoms with van der Waals surface area (Å²) in [6.45, 7) is 5.07. The van der Waals surface area contributed by atoms with Crippen LogP contribution in [0.5, 0.6) is 0 Å². The zero-order chi connectivity index (χ0) is 19.4. The van der Waals surface area contributed by atoms with E-state index in [4.69, 9.17) is 0 Å². The van der Waals surface area contributed by atoms with Crippen molar-refractivity contribution >= 4 is 23.2 Å². The van der Waals surface area contributed by atoms with Gasteiger partial charge in [0, 0.05) is 50.0 Å². The Kier molecular flexibility index (Phi) is 6.02. The van der Waals surface area contributed by atoms with E-state index in [0.717, 1.165) is 25.9 Å². The lowest BCUT2D eigenvalue weighted by atomic mass is 10.2. The topological polar surface area (TPSA) is 108 Å². The Hall–Kier alpha value is -2.52. The molecule has 0 aromatic heterocycles. The highest BCUT2D eigenvalue weighted by Crippen LogP contribution is 2.19. The number of anilines is 1. The second-order valence-corrected chi connectivity index (χ2v) is 7.13. The fourth-order valence-corrected chi connectivity index (χ4v) is 3.12. The molecule has 1 unspecified atom stereocenters. The van der Waals surface area contributed by atoms with Crippen LogP contribution in [-0.2, 0) is 9.59 Å². The minimum atomic E-state index is -0.488. The number of nitro groups is 1. The SMILES string of the molecule is CC(C(=O)Nc1cccc([N+](=O)[O-])c1)N1CCN(CC(=O)NC2CC2)CC1. The molecule has 1 aromatic carbocycles. The molecule has 2 N–H and O–H groups in total. The molecule has 1 heterocycles. The largest absolute Gasteiger partial charge is 0.352 e. The first-order valence-electron chi connectivity index (χ1n) is 9.23. The molecular formula is C18H25N5O4. The highest BCUT2D eigenvalue weighted by molar-refractivity contribution is 5.94. The third kappa shape index (κ3) is 5.48. The van der Waals surface area contributed by atoms with Gasteiger partial charge in [-0.05, 0) is 25.8 Å². The van der Waals surface area contributed by atoms with Crippen molar-refractivity contribution in [1.82, 2.24) is 15.1 Å². The Labute approximate surface area is 157 Å². The Bertz CT molecular complexity index is 713. The second kappa shape index (κ2) is 8.45. The zero-order valence-corrected chi connectivity index (χ0v) is 15.4. The van der Waals surface area contributed by atoms with Crippen LogP contribution in [0.25, 0.3) is 0 Å². The Balaban J connectivity index is 1.46. The van der Waals surface area contributed by atoms with Gasteiger partial charge in [-0.1, -0.05) is 6.07 Å². The number of carbonyl (C=O) groups is 2. The van der Waals surface area contributed by atoms with E-state index in [0.29, 0.717) is 31.4 Å². The van der Waals surface area contributed by atoms with Gasteiger partial charge in [0.15, 0.2) is 0 Å². The van der Waals surface area contributed by atoms with Crippen LogP contribution in [0.15, 0.2) is 24.3 Å². The number of hydrogen-bond donors (Lipinski definition) is 2. The standard InChI is InChI=1S/C18H25N5O4/c1-13(18(25)20-15-3-2-4-16(11-15)23(26)27)22-9-7-21(8-10-22)12-17(24)19-14-5-6-14/h2-4,11,13-14H,5-10,12H2,1H3,(H,19,24)(H,20,25). The fourth-order valence-electron chi connectivity index (χ4n) is 3.12. The van der Waals surface area contributed by atoms with Crippen molar-refractivity contribution in [1.29, 1.82) is 0 Å². The molecule has 1 aliphatic heterocycles. The average molecular weight is 375 g/mol. The van der Waals surface area contributed by atoms with E-state index in [1.807, 2.05) is 6.92 Å². The molecule has 0 radical (unpaired) electrons. The van der Waals surface area contributed by atoms with E-state index < -0.39 is 4.92 Å². The molecule has 27 heavy (non-hydrogen) atoms. The van der Waals surface area contributed by atoms with Gasteiger partial charge in [-0.15, -0.1) is 0 Å². The maximum Gasteiger partial charge on any atom is 0.271 e. The van der Waals surface area contributed by atoms with Gasteiger partial charge < -0.3 is 10.6 Å². The first-order valence-corrected chi connectivity index (χ1v) is 9.23. The van der Waals surface area contributed by atoms with Crippen LogP contribution in [0.2, 0.25) is 0 Å². The molecule has 9 nitrogen and oxygen atoms in total. The Morgan fingerprint density at radius 3 is 2.59 bits per heavy atom. The van der Waals surface area contributed by atoms with Crippen molar-refractivity contribution < 1.29 is 14.5 Å². The Morgan fingerprint density at radius 1 is 1.26 bits per heavy atom. The van der Waals surface area contributed by atoms with Crippen molar-refractivity contribution in [3.05, 3.63) is 34.4 Å². The summed E-state index contributed by atoms with van der Waals surface area (Å²) in [5.74, 6) is -0.127. The van der Waals surface area contributed by atoms with Gasteiger partial charge in [0.25, 0.3) is 5.69 Å². The van der Waals surface area contributed by atoms with Gasteiger partial charge >= 0.3 is 0 Å². The molecule has 3 rings (SSSR count). The molecule has 1 atom stereocenters. The third-order valence-corrected chi connectivity index (χ3v) is 4.97. The second-order valence-electron chi connectivity index (χ2n) is 7.13. The molecule has 9 heteroatoms. The summed E-state index contributed by atoms with van der Waals surface area (Å²) < 4.78 is 0. The average Bonchev–Trinajstić information content (AvgIpc) is 3.45. The van der Waals surface area contributed by atoms with E-state index in [2.05, 4.69) is 20.4 Å². The Morgan fingerprint density at radius 2 is 1.96 bits per heavy atom. The van der Waals surface area contributed by atoms with Gasteiger partial charge in [0.1, 0.15) is 0 Å². The maximum absolute atomic E-state index is 12.5. The summed E-state index contributed by atoms with van der Waals surface area (Å²) in [5.41, 5.74) is 0.356. The molecule has 0 bridgehead atoms. The smallest absolute Gasteiger partial charge is 0.271 e. The van der Waals surface area contributed by atoms with Gasteiger partial charge in [-0.25, -0.2) is 0 Å². The van der Waals surface area contributed by atoms with Crippen LogP contribution >= 0.6 is 0 Å². The molecule has 1 saturated heterocycles. The summed E-state index contributed by atoms with van der Waals surface area (Å²) in [4.78, 5) is 38.9. The number of nitrogens with one attached hydrogen (secondary N) is 2. The van der Waals surface area contributed by atoms with Crippen LogP contribution in [0.4, 0.5) is 11.4 Å². The van der Waals surface area contributed by atoms with Gasteiger partial charge in [0.05, 0.1) is 17.5 Å². The fraction of sp³-hybridized carbons (Fsp3) is 0.556. The number of benzene rings is 1. The van der Waals surface area contributed by atoms with E-state index in [-0.39, 0.29) is 23.5 Å². The molecule has 0 spiro atoms. The lowest BCUT2D eigenvalue weighted by molar-refractivity contribution is -0.384. The minimum absolute atomic E-state index is 0.0569. The summed E-state index contributed by atoms with van der Waals surface area (Å²) in [6, 6.07) is 5.93. The summed E-state index contributed by atoms with van der Waals surface area (Å²) >= 11 is 0. The molecule has 1 aromatic rings. The van der Waals surface area contributed by atoms with Gasteiger partial charge in [0.2, 0.25) is 11.8 Å². The number of hydrogen-bond acceptors (Lipinski definition) is 6. The zero-order valence-electron chi connectivity index (χ0n) is 15.4. The normalized spacial score (nSPS) is 19.3. The number of nitrogens with zero attached hydrogens (tertiary/aromatic N) is 3. The van der Waals surface area contributed by atoms with Crippen LogP contribution < -0.4 is 10.6 Å². The van der Waals surface area contributed by atoms with Crippen molar-refractivity contribution in [2.75, 3.05) is 38.0 Å². The monoisotopic (exact) mass is 375 g/mol. The first-order chi connectivity index (χ1) is 12.9. The summed E-state index contributed by atoms with van der Waals surface area (Å²) in [6.07, 6.45) is 2.16. The predicted octanol–water partition coefficient (Wildman–Crippen LogP) is 0.818. The lowest BCUT2D eigenvalue weighted by Crippen LogP contribution is -2.54. The van der Waals surface area contributed by atoms with Crippen LogP contribution in [0, 0.1) is 10.1 Å². The third-order valence-electron chi connectivity index (χ3n) is 4.97. The maximum atomic E-state index is 12.5. The molecule has 1 aliphatic carbocycles. The number of piperazine rings is 1. The van der Waals surface area contributed by atoms with Gasteiger partial charge in [-0.3, -0.25) is 29.5 Å². The number of nitro benzene ring substituents is 1. The van der Waals surface area contributed by atoms with Crippen LogP contribution in [0.3, 0.4) is 0 Å². The van der Waals surface area contributed by atoms with Crippen molar-refractivity contribution in [3.8, 4) is 0 Å². The summed E-state index contributed by atoms with van der Waals surface area (Å²) in [7, 11) is 0. The highest BCUT2D eigenvalue weighted by atomic mass is 16.6. The van der Waals surface area contributed by atoms with Crippen molar-refractivity contribution in [2.24, 2.45) is 0 Å². The number of carbonyl (C=O) groups excluding carboxylic acids is 2. The lowest BCUT2D eigenvalue weighted by Gasteiger charge is -2.37. The first kappa shape index (κ1) is 19.2. The van der Waals surface area contributed by atoms with E-state index in [9.17, 15) is 19.7 Å². The van der Waals surface area contributed by atoms with Crippen LogP contribution in [-0.4, -0.2) is 71.3 Å². The van der Waals surface area contributed by atoms with E-state index >= 15 is 0 Å². The molecule has 2 aliphatic rings. The predicted molar refractivity (Wildman–Crippen MR) is 100 cm³/mol. The van der Waals surface area contributed by atoms with E-state index in [1.54, 1.807) is 12.1 Å². The quantitative estimate of drug-likeness (QED) is 0.540. The van der Waals surface area contributed by atoms with Crippen LogP contribution in [0.1, 0.15) is 19.8 Å². The molecular weight excluding hydrogens is 350 g/mol. The van der Waals surface area contributed by atoms with E-state index in [1.165, 1.54) is 12.1 Å². The van der Waals surface area contributed by atoms with Gasteiger partial charge in [-0.2, -0.15) is 0 Å². The molecule has 1 saturated carbocycles. The number of rotatable bonds is 7. The number of amides is 2. The van der Waals surface area contributed by atoms with Crippen molar-refractivity contribution in [2.45, 2.75) is 31.8 Å². The minimum Gasteiger partial charge on any atom is -0.352 e. The summed E-state index contributed by atoms with van der Waals surface area (Å²) in [5, 5.41) is 16.6. The number of non-ortho nitro benzene ring substituents is 1. The molecule has 146 valence electrons. The molecule has 2 fully saturated rings. The highest BCUT2D eigenvalue weighted by Gasteiger charge is 2.28.